The van der Waals surface area contributed by atoms with E-state index >= 15 is 0 Å². The molecule has 0 aromatic heterocycles. The van der Waals surface area contributed by atoms with Crippen LogP contribution in [0.5, 0.6) is 11.5 Å². The Bertz CT molecular complexity index is 525. The fourth-order valence-corrected chi connectivity index (χ4v) is 3.28. The molecule has 6 heteroatoms. The molecule has 0 aliphatic carbocycles. The fourth-order valence-electron chi connectivity index (χ4n) is 3.28. The zero-order valence-electron chi connectivity index (χ0n) is 12.8. The van der Waals surface area contributed by atoms with Crippen molar-refractivity contribution in [3.8, 4) is 11.5 Å². The van der Waals surface area contributed by atoms with Crippen molar-refractivity contribution in [3.05, 3.63) is 23.8 Å². The van der Waals surface area contributed by atoms with E-state index in [0.29, 0.717) is 29.1 Å². The van der Waals surface area contributed by atoms with Gasteiger partial charge in [-0.05, 0) is 43.9 Å². The van der Waals surface area contributed by atoms with Crippen molar-refractivity contribution in [1.29, 1.82) is 0 Å². The summed E-state index contributed by atoms with van der Waals surface area (Å²) in [6, 6.07) is 6.11. The number of esters is 1. The second kappa shape index (κ2) is 7.20. The van der Waals surface area contributed by atoms with Crippen molar-refractivity contribution in [2.24, 2.45) is 0 Å². The molecule has 2 unspecified atom stereocenters. The Kier molecular flexibility index (Phi) is 5.53. The fraction of sp³-hybridized carbons (Fsp3) is 0.562. The average Bonchev–Trinajstić information content (AvgIpc) is 2.85. The van der Waals surface area contributed by atoms with Gasteiger partial charge in [-0.2, -0.15) is 0 Å². The molecule has 0 amide bonds. The highest BCUT2D eigenvalue weighted by atomic mass is 35.5. The van der Waals surface area contributed by atoms with Crippen molar-refractivity contribution in [2.75, 3.05) is 14.2 Å². The van der Waals surface area contributed by atoms with Gasteiger partial charge in [-0.3, -0.25) is 0 Å². The van der Waals surface area contributed by atoms with Crippen LogP contribution in [-0.2, 0) is 4.74 Å². The molecular weight excluding hydrogens is 306 g/mol. The Morgan fingerprint density at radius 1 is 1.09 bits per heavy atom. The number of halogens is 1. The van der Waals surface area contributed by atoms with Gasteiger partial charge in [-0.1, -0.05) is 0 Å². The predicted molar refractivity (Wildman–Crippen MR) is 85.2 cm³/mol. The minimum absolute atomic E-state index is 0. The van der Waals surface area contributed by atoms with Crippen molar-refractivity contribution >= 4 is 18.4 Å². The first-order valence-electron chi connectivity index (χ1n) is 7.38. The first-order chi connectivity index (χ1) is 10.2. The van der Waals surface area contributed by atoms with Gasteiger partial charge < -0.3 is 19.5 Å². The van der Waals surface area contributed by atoms with Crippen LogP contribution in [0.15, 0.2) is 18.2 Å². The second-order valence-electron chi connectivity index (χ2n) is 5.71. The number of hydrogen-bond donors (Lipinski definition) is 1. The van der Waals surface area contributed by atoms with Crippen LogP contribution in [0.25, 0.3) is 0 Å². The summed E-state index contributed by atoms with van der Waals surface area (Å²) in [7, 11) is 3.12. The van der Waals surface area contributed by atoms with Crippen LogP contribution >= 0.6 is 12.4 Å². The van der Waals surface area contributed by atoms with Crippen LogP contribution in [0.4, 0.5) is 0 Å². The van der Waals surface area contributed by atoms with E-state index in [9.17, 15) is 4.79 Å². The Morgan fingerprint density at radius 2 is 1.73 bits per heavy atom. The molecule has 2 atom stereocenters. The molecule has 0 spiro atoms. The van der Waals surface area contributed by atoms with Gasteiger partial charge in [-0.15, -0.1) is 12.4 Å². The summed E-state index contributed by atoms with van der Waals surface area (Å²) in [5, 5.41) is 3.54. The number of rotatable bonds is 4. The van der Waals surface area contributed by atoms with Crippen molar-refractivity contribution < 1.29 is 19.0 Å². The molecule has 1 aromatic carbocycles. The Labute approximate surface area is 136 Å². The molecule has 3 rings (SSSR count). The third kappa shape index (κ3) is 3.47. The number of ether oxygens (including phenoxy) is 3. The van der Waals surface area contributed by atoms with Crippen LogP contribution in [0.2, 0.25) is 0 Å². The predicted octanol–water partition coefficient (Wildman–Crippen LogP) is 2.57. The van der Waals surface area contributed by atoms with Crippen LogP contribution in [0.1, 0.15) is 36.0 Å². The van der Waals surface area contributed by atoms with Crippen LogP contribution < -0.4 is 14.8 Å². The summed E-state index contributed by atoms with van der Waals surface area (Å²) in [4.78, 5) is 12.3. The first kappa shape index (κ1) is 16.9. The van der Waals surface area contributed by atoms with E-state index in [2.05, 4.69) is 5.32 Å². The monoisotopic (exact) mass is 327 g/mol. The number of carbonyl (C=O) groups excluding carboxylic acids is 1. The molecule has 1 aromatic rings. The van der Waals surface area contributed by atoms with Crippen molar-refractivity contribution in [2.45, 2.75) is 43.9 Å². The van der Waals surface area contributed by atoms with Crippen molar-refractivity contribution in [3.63, 3.8) is 0 Å². The van der Waals surface area contributed by atoms with E-state index in [0.717, 1.165) is 12.8 Å². The number of fused-ring (bicyclic) bond motifs is 2. The van der Waals surface area contributed by atoms with Crippen molar-refractivity contribution in [1.82, 2.24) is 5.32 Å². The van der Waals surface area contributed by atoms with Crippen LogP contribution in [0, 0.1) is 0 Å². The molecule has 2 saturated heterocycles. The lowest BCUT2D eigenvalue weighted by Gasteiger charge is -2.28. The van der Waals surface area contributed by atoms with Gasteiger partial charge in [-0.25, -0.2) is 4.79 Å². The lowest BCUT2D eigenvalue weighted by Crippen LogP contribution is -2.42. The average molecular weight is 328 g/mol. The molecule has 22 heavy (non-hydrogen) atoms. The van der Waals surface area contributed by atoms with E-state index in [1.54, 1.807) is 32.4 Å². The van der Waals surface area contributed by atoms with Gasteiger partial charge in [0.05, 0.1) is 19.8 Å². The molecule has 2 fully saturated rings. The molecule has 0 saturated carbocycles. The normalized spacial score (nSPS) is 26.0. The number of carbonyl (C=O) groups is 1. The lowest BCUT2D eigenvalue weighted by molar-refractivity contribution is 0.0177. The molecule has 2 aliphatic heterocycles. The summed E-state index contributed by atoms with van der Waals surface area (Å²) < 4.78 is 16.0. The number of piperidine rings is 1. The topological polar surface area (TPSA) is 56.8 Å². The third-order valence-electron chi connectivity index (χ3n) is 4.32. The number of benzene rings is 1. The standard InChI is InChI=1S/C16H21NO4.ClH/c1-19-14-6-3-10(7-15(14)20-2)16(18)21-13-8-11-4-5-12(9-13)17-11;/h3,6-7,11-13,17H,4-5,8-9H2,1-2H3;1H. The summed E-state index contributed by atoms with van der Waals surface area (Å²) in [5.74, 6) is 0.855. The van der Waals surface area contributed by atoms with Gasteiger partial charge in [0.25, 0.3) is 0 Å². The first-order valence-corrected chi connectivity index (χ1v) is 7.38. The summed E-state index contributed by atoms with van der Waals surface area (Å²) in [6.07, 6.45) is 4.22. The second-order valence-corrected chi connectivity index (χ2v) is 5.71. The smallest absolute Gasteiger partial charge is 0.338 e. The molecule has 122 valence electrons. The summed E-state index contributed by atoms with van der Waals surface area (Å²) >= 11 is 0. The molecule has 2 heterocycles. The van der Waals surface area contributed by atoms with E-state index in [1.165, 1.54) is 12.8 Å². The Hall–Kier alpha value is -1.46. The maximum Gasteiger partial charge on any atom is 0.338 e. The summed E-state index contributed by atoms with van der Waals surface area (Å²) in [5.41, 5.74) is 0.499. The number of hydrogen-bond acceptors (Lipinski definition) is 5. The van der Waals surface area contributed by atoms with Gasteiger partial charge >= 0.3 is 5.97 Å². The van der Waals surface area contributed by atoms with E-state index < -0.39 is 0 Å². The van der Waals surface area contributed by atoms with E-state index in [4.69, 9.17) is 14.2 Å². The highest BCUT2D eigenvalue weighted by Gasteiger charge is 2.35. The highest BCUT2D eigenvalue weighted by Crippen LogP contribution is 2.31. The van der Waals surface area contributed by atoms with Gasteiger partial charge in [0.15, 0.2) is 11.5 Å². The number of nitrogens with one attached hydrogen (secondary N) is 1. The minimum atomic E-state index is -0.290. The lowest BCUT2D eigenvalue weighted by atomic mass is 10.0. The number of methoxy groups -OCH3 is 2. The quantitative estimate of drug-likeness (QED) is 0.861. The molecule has 2 bridgehead atoms. The molecule has 1 N–H and O–H groups in total. The van der Waals surface area contributed by atoms with Gasteiger partial charge in [0.1, 0.15) is 6.10 Å². The zero-order valence-corrected chi connectivity index (χ0v) is 13.7. The SMILES string of the molecule is COc1ccc(C(=O)OC2CC3CCC(C2)N3)cc1OC.Cl. The van der Waals surface area contributed by atoms with Gasteiger partial charge in [0.2, 0.25) is 0 Å². The Morgan fingerprint density at radius 3 is 2.32 bits per heavy atom. The molecule has 0 radical (unpaired) electrons. The summed E-state index contributed by atoms with van der Waals surface area (Å²) in [6.45, 7) is 0. The maximum atomic E-state index is 12.3. The minimum Gasteiger partial charge on any atom is -0.493 e. The molecule has 2 aliphatic rings. The van der Waals surface area contributed by atoms with Crippen LogP contribution in [-0.4, -0.2) is 38.4 Å². The van der Waals surface area contributed by atoms with Crippen LogP contribution in [0.3, 0.4) is 0 Å². The molecule has 5 nitrogen and oxygen atoms in total. The zero-order chi connectivity index (χ0) is 14.8. The molecular formula is C16H22ClNO4. The van der Waals surface area contributed by atoms with E-state index in [1.807, 2.05) is 0 Å². The van der Waals surface area contributed by atoms with E-state index in [-0.39, 0.29) is 24.5 Å². The maximum absolute atomic E-state index is 12.3. The largest absolute Gasteiger partial charge is 0.493 e. The Balaban J connectivity index is 0.00000176. The van der Waals surface area contributed by atoms with Gasteiger partial charge in [0, 0.05) is 12.1 Å². The highest BCUT2D eigenvalue weighted by molar-refractivity contribution is 5.90. The third-order valence-corrected chi connectivity index (χ3v) is 4.32.